The van der Waals surface area contributed by atoms with Gasteiger partial charge in [0.15, 0.2) is 11.5 Å². The van der Waals surface area contributed by atoms with Gasteiger partial charge in [0, 0.05) is 6.54 Å². The molecule has 1 aromatic heterocycles. The van der Waals surface area contributed by atoms with Crippen LogP contribution < -0.4 is 25.9 Å². The lowest BCUT2D eigenvalue weighted by Crippen LogP contribution is -2.46. The lowest BCUT2D eigenvalue weighted by molar-refractivity contribution is -0.126. The number of nitrogens with zero attached hydrogens (tertiary/aromatic N) is 2. The summed E-state index contributed by atoms with van der Waals surface area (Å²) >= 11 is 0. The molecule has 8 nitrogen and oxygen atoms in total. The van der Waals surface area contributed by atoms with Gasteiger partial charge in [-0.25, -0.2) is 4.98 Å². The number of aromatic nitrogens is 2. The fraction of sp³-hybridized carbons (Fsp3) is 0.375. The average molecular weight is 434 g/mol. The molecule has 1 fully saturated rings. The van der Waals surface area contributed by atoms with Gasteiger partial charge in [-0.05, 0) is 49.6 Å². The molecule has 1 amide bonds. The number of para-hydroxylation sites is 1. The molecule has 3 aromatic rings. The van der Waals surface area contributed by atoms with Crippen molar-refractivity contribution in [1.29, 1.82) is 0 Å². The smallest absolute Gasteiger partial charge is 0.262 e. The number of nitrogens with one attached hydrogen (secondary N) is 2. The van der Waals surface area contributed by atoms with Crippen LogP contribution in [0.4, 0.5) is 5.95 Å². The molecular formula is C24H26N4O4. The molecule has 1 aliphatic heterocycles. The Hall–Kier alpha value is -3.55. The van der Waals surface area contributed by atoms with Gasteiger partial charge in [0.2, 0.25) is 11.9 Å². The summed E-state index contributed by atoms with van der Waals surface area (Å²) in [6, 6.07) is 13.0. The van der Waals surface area contributed by atoms with Crippen molar-refractivity contribution in [3.63, 3.8) is 0 Å². The second-order valence-corrected chi connectivity index (χ2v) is 8.23. The van der Waals surface area contributed by atoms with Gasteiger partial charge >= 0.3 is 0 Å². The number of carbonyl (C=O) groups is 1. The Morgan fingerprint density at radius 3 is 2.62 bits per heavy atom. The molecular weight excluding hydrogens is 408 g/mol. The molecule has 0 bridgehead atoms. The molecule has 32 heavy (non-hydrogen) atoms. The van der Waals surface area contributed by atoms with Crippen LogP contribution in [-0.4, -0.2) is 28.7 Å². The lowest BCUT2D eigenvalue weighted by Gasteiger charge is -2.30. The molecule has 0 radical (unpaired) electrons. The van der Waals surface area contributed by atoms with Crippen molar-refractivity contribution in [2.45, 2.75) is 44.6 Å². The third-order valence-electron chi connectivity index (χ3n) is 6.45. The highest BCUT2D eigenvalue weighted by atomic mass is 16.6. The van der Waals surface area contributed by atoms with E-state index in [9.17, 15) is 9.59 Å². The van der Waals surface area contributed by atoms with E-state index < -0.39 is 5.41 Å². The van der Waals surface area contributed by atoms with Crippen LogP contribution in [0.2, 0.25) is 0 Å². The first kappa shape index (κ1) is 20.4. The summed E-state index contributed by atoms with van der Waals surface area (Å²) in [7, 11) is 0. The first-order valence-electron chi connectivity index (χ1n) is 11.1. The molecule has 2 aliphatic rings. The molecule has 0 saturated heterocycles. The second kappa shape index (κ2) is 8.18. The van der Waals surface area contributed by atoms with Crippen molar-refractivity contribution in [2.24, 2.45) is 0 Å². The molecule has 1 aliphatic carbocycles. The molecule has 0 atom stereocenters. The van der Waals surface area contributed by atoms with E-state index in [1.807, 2.05) is 37.3 Å². The van der Waals surface area contributed by atoms with Gasteiger partial charge in [0.25, 0.3) is 5.56 Å². The van der Waals surface area contributed by atoms with E-state index in [0.717, 1.165) is 31.2 Å². The Morgan fingerprint density at radius 2 is 1.84 bits per heavy atom. The summed E-state index contributed by atoms with van der Waals surface area (Å²) in [5, 5.41) is 0.551. The van der Waals surface area contributed by atoms with E-state index in [4.69, 9.17) is 9.47 Å². The highest BCUT2D eigenvalue weighted by Crippen LogP contribution is 2.44. The first-order valence-corrected chi connectivity index (χ1v) is 11.1. The molecule has 2 N–H and O–H groups in total. The summed E-state index contributed by atoms with van der Waals surface area (Å²) in [6.45, 7) is 3.33. The van der Waals surface area contributed by atoms with Crippen LogP contribution in [-0.2, 0) is 16.8 Å². The Labute approximate surface area is 185 Å². The van der Waals surface area contributed by atoms with E-state index in [-0.39, 0.29) is 11.5 Å². The number of amides is 1. The van der Waals surface area contributed by atoms with Crippen molar-refractivity contribution in [2.75, 3.05) is 18.6 Å². The van der Waals surface area contributed by atoms with E-state index in [1.54, 1.807) is 12.1 Å². The van der Waals surface area contributed by atoms with E-state index in [2.05, 4.69) is 15.8 Å². The Balaban J connectivity index is 1.44. The number of hydrazine groups is 1. The van der Waals surface area contributed by atoms with Crippen LogP contribution in [0.3, 0.4) is 0 Å². The van der Waals surface area contributed by atoms with Crippen LogP contribution in [0, 0.1) is 0 Å². The van der Waals surface area contributed by atoms with Crippen LogP contribution in [0.5, 0.6) is 11.5 Å². The third kappa shape index (κ3) is 3.36. The standard InChI is InChI=1S/C24H26N4O4/c1-2-28-21(29)17-7-3-4-8-18(17)25-23(28)27-26-22(30)24(11-5-6-12-24)16-9-10-19-20(15-16)32-14-13-31-19/h3-4,7-10,15H,2,5-6,11-14H2,1H3,(H,25,27)(H,26,30). The van der Waals surface area contributed by atoms with Gasteiger partial charge in [0.1, 0.15) is 13.2 Å². The summed E-state index contributed by atoms with van der Waals surface area (Å²) in [4.78, 5) is 30.9. The third-order valence-corrected chi connectivity index (χ3v) is 6.45. The molecule has 5 rings (SSSR count). The second-order valence-electron chi connectivity index (χ2n) is 8.23. The SMILES string of the molecule is CCn1c(NNC(=O)C2(c3ccc4c(c3)OCCO4)CCCC2)nc2ccccc2c1=O. The van der Waals surface area contributed by atoms with Crippen molar-refractivity contribution in [3.8, 4) is 11.5 Å². The van der Waals surface area contributed by atoms with Gasteiger partial charge in [-0.15, -0.1) is 0 Å². The normalized spacial score (nSPS) is 16.7. The number of hydrogen-bond donors (Lipinski definition) is 2. The van der Waals surface area contributed by atoms with Gasteiger partial charge in [-0.3, -0.25) is 25.0 Å². The Morgan fingerprint density at radius 1 is 1.09 bits per heavy atom. The predicted molar refractivity (Wildman–Crippen MR) is 121 cm³/mol. The first-order chi connectivity index (χ1) is 15.6. The Bertz CT molecular complexity index is 1230. The average Bonchev–Trinajstić information content (AvgIpc) is 3.34. The van der Waals surface area contributed by atoms with Crippen LogP contribution in [0.15, 0.2) is 47.3 Å². The maximum absolute atomic E-state index is 13.5. The van der Waals surface area contributed by atoms with E-state index in [1.165, 1.54) is 4.57 Å². The van der Waals surface area contributed by atoms with Gasteiger partial charge in [0.05, 0.1) is 16.3 Å². The summed E-state index contributed by atoms with van der Waals surface area (Å²) < 4.78 is 12.9. The quantitative estimate of drug-likeness (QED) is 0.599. The zero-order chi connectivity index (χ0) is 22.1. The highest BCUT2D eigenvalue weighted by Gasteiger charge is 2.43. The number of carbonyl (C=O) groups excluding carboxylic acids is 1. The summed E-state index contributed by atoms with van der Waals surface area (Å²) in [5.41, 5.74) is 6.46. The van der Waals surface area contributed by atoms with Crippen molar-refractivity contribution in [3.05, 3.63) is 58.4 Å². The number of fused-ring (bicyclic) bond motifs is 2. The monoisotopic (exact) mass is 434 g/mol. The Kier molecular flexibility index (Phi) is 5.20. The van der Waals surface area contributed by atoms with Crippen molar-refractivity contribution >= 4 is 22.8 Å². The summed E-state index contributed by atoms with van der Waals surface area (Å²) in [5.74, 6) is 1.56. The fourth-order valence-electron chi connectivity index (χ4n) is 4.76. The minimum atomic E-state index is -0.670. The largest absolute Gasteiger partial charge is 0.486 e. The molecule has 0 spiro atoms. The minimum absolute atomic E-state index is 0.141. The summed E-state index contributed by atoms with van der Waals surface area (Å²) in [6.07, 6.45) is 3.42. The van der Waals surface area contributed by atoms with Crippen molar-refractivity contribution < 1.29 is 14.3 Å². The molecule has 166 valence electrons. The highest BCUT2D eigenvalue weighted by molar-refractivity contribution is 5.89. The van der Waals surface area contributed by atoms with Gasteiger partial charge in [-0.1, -0.05) is 31.0 Å². The number of benzene rings is 2. The van der Waals surface area contributed by atoms with Crippen molar-refractivity contribution in [1.82, 2.24) is 15.0 Å². The number of hydrogen-bond acceptors (Lipinski definition) is 6. The lowest BCUT2D eigenvalue weighted by atomic mass is 9.78. The number of rotatable bonds is 5. The van der Waals surface area contributed by atoms with Gasteiger partial charge < -0.3 is 9.47 Å². The molecule has 8 heteroatoms. The van der Waals surface area contributed by atoms with Crippen LogP contribution >= 0.6 is 0 Å². The zero-order valence-electron chi connectivity index (χ0n) is 18.0. The maximum atomic E-state index is 13.5. The zero-order valence-corrected chi connectivity index (χ0v) is 18.0. The maximum Gasteiger partial charge on any atom is 0.262 e. The number of anilines is 1. The van der Waals surface area contributed by atoms with E-state index in [0.29, 0.717) is 48.1 Å². The minimum Gasteiger partial charge on any atom is -0.486 e. The molecule has 1 saturated carbocycles. The van der Waals surface area contributed by atoms with Gasteiger partial charge in [-0.2, -0.15) is 0 Å². The predicted octanol–water partition coefficient (Wildman–Crippen LogP) is 3.14. The topological polar surface area (TPSA) is 94.5 Å². The fourth-order valence-corrected chi connectivity index (χ4v) is 4.76. The molecule has 2 heterocycles. The molecule has 0 unspecified atom stereocenters. The number of ether oxygens (including phenoxy) is 2. The van der Waals surface area contributed by atoms with Crippen LogP contribution in [0.25, 0.3) is 10.9 Å². The van der Waals surface area contributed by atoms with Crippen LogP contribution in [0.1, 0.15) is 38.2 Å². The molecule has 2 aromatic carbocycles. The van der Waals surface area contributed by atoms with E-state index >= 15 is 0 Å².